The first-order valence-corrected chi connectivity index (χ1v) is 7.16. The van der Waals surface area contributed by atoms with Crippen LogP contribution in [0.1, 0.15) is 52.9 Å². The van der Waals surface area contributed by atoms with Crippen LogP contribution in [0.25, 0.3) is 0 Å². The Kier molecular flexibility index (Phi) is 4.26. The Labute approximate surface area is 101 Å². The third-order valence-corrected chi connectivity index (χ3v) is 4.33. The van der Waals surface area contributed by atoms with E-state index in [0.29, 0.717) is 0 Å². The maximum absolute atomic E-state index is 3.62. The first kappa shape index (κ1) is 12.4. The summed E-state index contributed by atoms with van der Waals surface area (Å²) >= 11 is 0. The van der Waals surface area contributed by atoms with Gasteiger partial charge in [-0.25, -0.2) is 0 Å². The molecule has 1 heterocycles. The van der Waals surface area contributed by atoms with Gasteiger partial charge in [0.2, 0.25) is 0 Å². The molecule has 2 heteroatoms. The van der Waals surface area contributed by atoms with Crippen LogP contribution in [0, 0.1) is 5.92 Å². The molecule has 3 atom stereocenters. The molecular formula is C14H28N2. The second kappa shape index (κ2) is 5.50. The third kappa shape index (κ3) is 3.46. The molecule has 16 heavy (non-hydrogen) atoms. The van der Waals surface area contributed by atoms with Crippen molar-refractivity contribution >= 4 is 0 Å². The Hall–Kier alpha value is -0.0800. The number of nitrogens with one attached hydrogen (secondary N) is 1. The van der Waals surface area contributed by atoms with E-state index in [1.54, 1.807) is 0 Å². The summed E-state index contributed by atoms with van der Waals surface area (Å²) in [5, 5.41) is 3.62. The number of nitrogens with zero attached hydrogens (tertiary/aromatic N) is 1. The first-order chi connectivity index (χ1) is 7.66. The van der Waals surface area contributed by atoms with E-state index in [9.17, 15) is 0 Å². The topological polar surface area (TPSA) is 15.3 Å². The number of hydrogen-bond donors (Lipinski definition) is 1. The molecule has 0 aromatic heterocycles. The minimum Gasteiger partial charge on any atom is -0.314 e. The fourth-order valence-corrected chi connectivity index (χ4v) is 3.03. The minimum atomic E-state index is 0.758. The van der Waals surface area contributed by atoms with Crippen LogP contribution in [-0.2, 0) is 0 Å². The van der Waals surface area contributed by atoms with Gasteiger partial charge in [0.1, 0.15) is 0 Å². The fraction of sp³-hybridized carbons (Fsp3) is 1.00. The van der Waals surface area contributed by atoms with Crippen molar-refractivity contribution in [2.24, 2.45) is 5.92 Å². The predicted molar refractivity (Wildman–Crippen MR) is 69.7 cm³/mol. The number of likely N-dealkylation sites (tertiary alicyclic amines) is 1. The van der Waals surface area contributed by atoms with E-state index in [-0.39, 0.29) is 0 Å². The van der Waals surface area contributed by atoms with Crippen molar-refractivity contribution in [3.63, 3.8) is 0 Å². The highest BCUT2D eigenvalue weighted by Crippen LogP contribution is 2.25. The van der Waals surface area contributed by atoms with Crippen LogP contribution in [0.5, 0.6) is 0 Å². The molecule has 1 aliphatic carbocycles. The quantitative estimate of drug-likeness (QED) is 0.772. The Bertz CT molecular complexity index is 213. The van der Waals surface area contributed by atoms with E-state index in [4.69, 9.17) is 0 Å². The Morgan fingerprint density at radius 1 is 1.25 bits per heavy atom. The molecule has 1 aliphatic heterocycles. The van der Waals surface area contributed by atoms with Gasteiger partial charge in [0.15, 0.2) is 0 Å². The molecule has 0 aromatic carbocycles. The molecule has 2 fully saturated rings. The molecular weight excluding hydrogens is 196 g/mol. The number of piperidine rings is 1. The lowest BCUT2D eigenvalue weighted by Gasteiger charge is -2.40. The van der Waals surface area contributed by atoms with Crippen LogP contribution in [0.3, 0.4) is 0 Å². The minimum absolute atomic E-state index is 0.758. The zero-order valence-corrected chi connectivity index (χ0v) is 11.2. The molecule has 2 nitrogen and oxygen atoms in total. The lowest BCUT2D eigenvalue weighted by atomic mass is 9.92. The average molecular weight is 224 g/mol. The van der Waals surface area contributed by atoms with Gasteiger partial charge in [-0.05, 0) is 65.0 Å². The Morgan fingerprint density at radius 2 is 2.00 bits per heavy atom. The summed E-state index contributed by atoms with van der Waals surface area (Å²) in [5.41, 5.74) is 0. The van der Waals surface area contributed by atoms with Gasteiger partial charge in [0, 0.05) is 18.1 Å². The zero-order valence-electron chi connectivity index (χ0n) is 11.2. The van der Waals surface area contributed by atoms with Gasteiger partial charge in [-0.2, -0.15) is 0 Å². The highest BCUT2D eigenvalue weighted by atomic mass is 15.2. The lowest BCUT2D eigenvalue weighted by Crippen LogP contribution is -2.46. The van der Waals surface area contributed by atoms with Gasteiger partial charge >= 0.3 is 0 Å². The molecule has 1 N–H and O–H groups in total. The van der Waals surface area contributed by atoms with Crippen molar-refractivity contribution in [3.8, 4) is 0 Å². The van der Waals surface area contributed by atoms with Gasteiger partial charge in [-0.3, -0.25) is 4.90 Å². The average Bonchev–Trinajstić information content (AvgIpc) is 3.01. The molecule has 0 bridgehead atoms. The van der Waals surface area contributed by atoms with E-state index in [2.05, 4.69) is 31.0 Å². The summed E-state index contributed by atoms with van der Waals surface area (Å²) < 4.78 is 0. The van der Waals surface area contributed by atoms with Crippen molar-refractivity contribution in [1.29, 1.82) is 0 Å². The molecule has 0 radical (unpaired) electrons. The number of hydrogen-bond acceptors (Lipinski definition) is 2. The summed E-state index contributed by atoms with van der Waals surface area (Å²) in [6.45, 7) is 9.73. The van der Waals surface area contributed by atoms with Crippen LogP contribution < -0.4 is 5.32 Å². The highest BCUT2D eigenvalue weighted by Gasteiger charge is 2.26. The standard InChI is InChI=1S/C14H28N2/c1-11-7-9-16(13(3)10-11)12(2)6-8-15-14-4-5-14/h11-15H,4-10H2,1-3H3. The van der Waals surface area contributed by atoms with E-state index in [1.165, 1.54) is 45.2 Å². The Balaban J connectivity index is 1.68. The highest BCUT2D eigenvalue weighted by molar-refractivity contribution is 4.83. The molecule has 94 valence electrons. The summed E-state index contributed by atoms with van der Waals surface area (Å²) in [6, 6.07) is 2.42. The summed E-state index contributed by atoms with van der Waals surface area (Å²) in [6.07, 6.45) is 6.92. The molecule has 1 saturated carbocycles. The maximum Gasteiger partial charge on any atom is 0.00818 e. The van der Waals surface area contributed by atoms with Crippen LogP contribution in [0.15, 0.2) is 0 Å². The summed E-state index contributed by atoms with van der Waals surface area (Å²) in [4.78, 5) is 2.72. The van der Waals surface area contributed by atoms with Crippen molar-refractivity contribution in [2.45, 2.75) is 71.0 Å². The van der Waals surface area contributed by atoms with Crippen LogP contribution in [-0.4, -0.2) is 36.1 Å². The molecule has 0 spiro atoms. The van der Waals surface area contributed by atoms with Gasteiger partial charge < -0.3 is 5.32 Å². The second-order valence-electron chi connectivity index (χ2n) is 6.08. The zero-order chi connectivity index (χ0) is 11.5. The molecule has 3 unspecified atom stereocenters. The summed E-state index contributed by atoms with van der Waals surface area (Å²) in [7, 11) is 0. The third-order valence-electron chi connectivity index (χ3n) is 4.33. The van der Waals surface area contributed by atoms with Gasteiger partial charge in [0.25, 0.3) is 0 Å². The second-order valence-corrected chi connectivity index (χ2v) is 6.08. The lowest BCUT2D eigenvalue weighted by molar-refractivity contribution is 0.0854. The normalized spacial score (nSPS) is 33.9. The van der Waals surface area contributed by atoms with E-state index in [0.717, 1.165) is 24.0 Å². The predicted octanol–water partition coefficient (Wildman–Crippen LogP) is 2.64. The molecule has 0 amide bonds. The van der Waals surface area contributed by atoms with Crippen LogP contribution in [0.4, 0.5) is 0 Å². The van der Waals surface area contributed by atoms with Crippen LogP contribution >= 0.6 is 0 Å². The van der Waals surface area contributed by atoms with E-state index < -0.39 is 0 Å². The number of rotatable bonds is 5. The van der Waals surface area contributed by atoms with Gasteiger partial charge in [-0.1, -0.05) is 6.92 Å². The van der Waals surface area contributed by atoms with Crippen LogP contribution in [0.2, 0.25) is 0 Å². The van der Waals surface area contributed by atoms with Gasteiger partial charge in [0.05, 0.1) is 0 Å². The molecule has 1 saturated heterocycles. The molecule has 2 aliphatic rings. The monoisotopic (exact) mass is 224 g/mol. The largest absolute Gasteiger partial charge is 0.314 e. The Morgan fingerprint density at radius 3 is 2.62 bits per heavy atom. The fourth-order valence-electron chi connectivity index (χ4n) is 3.03. The van der Waals surface area contributed by atoms with Gasteiger partial charge in [-0.15, -0.1) is 0 Å². The summed E-state index contributed by atoms with van der Waals surface area (Å²) in [5.74, 6) is 0.933. The van der Waals surface area contributed by atoms with Crippen molar-refractivity contribution in [1.82, 2.24) is 10.2 Å². The SMILES string of the molecule is CC1CCN(C(C)CCNC2CC2)C(C)C1. The smallest absolute Gasteiger partial charge is 0.00818 e. The van der Waals surface area contributed by atoms with Crippen molar-refractivity contribution < 1.29 is 0 Å². The first-order valence-electron chi connectivity index (χ1n) is 7.16. The molecule has 0 aromatic rings. The van der Waals surface area contributed by atoms with Crippen molar-refractivity contribution in [3.05, 3.63) is 0 Å². The van der Waals surface area contributed by atoms with E-state index >= 15 is 0 Å². The maximum atomic E-state index is 3.62. The molecule has 2 rings (SSSR count). The van der Waals surface area contributed by atoms with E-state index in [1.807, 2.05) is 0 Å². The van der Waals surface area contributed by atoms with Crippen molar-refractivity contribution in [2.75, 3.05) is 13.1 Å².